The maximum atomic E-state index is 15.0. The average molecular weight is 505 g/mol. The number of carbonyl (C=O) groups excluding carboxylic acids is 1. The minimum Gasteiger partial charge on any atom is -0.446 e. The van der Waals surface area contributed by atoms with E-state index >= 15 is 0 Å². The standard InChI is InChI=1S/C24H19F4N3O3S/c25-15-6-7-16(17(26)9-15)24-12-34-19(22-29-18(10-33-22)20(27)28)8-14(24)11-35-23(31-24)30-21(32)13-4-2-1-3-5-13/h1-7,9-10,14,19-20H,8,11-12H2,(H,30,31,32)/t14-,19+,24-/m0/s1. The number of benzene rings is 2. The van der Waals surface area contributed by atoms with Crippen LogP contribution in [0.1, 0.15) is 46.5 Å². The highest BCUT2D eigenvalue weighted by atomic mass is 32.2. The molecule has 1 aromatic heterocycles. The van der Waals surface area contributed by atoms with Gasteiger partial charge >= 0.3 is 0 Å². The SMILES string of the molecule is O=C(NC1=N[C@@]2(c3ccc(F)cc3F)CO[C@@H](c3nc(C(F)F)co3)C[C@H]2CS1)c1ccccc1. The number of fused-ring (bicyclic) bond motifs is 1. The number of aromatic nitrogens is 1. The van der Waals surface area contributed by atoms with Crippen LogP contribution in [0, 0.1) is 17.6 Å². The molecule has 2 aliphatic rings. The van der Waals surface area contributed by atoms with Crippen molar-refractivity contribution in [3.8, 4) is 0 Å². The van der Waals surface area contributed by atoms with Crippen molar-refractivity contribution in [1.29, 1.82) is 0 Å². The molecule has 0 spiro atoms. The summed E-state index contributed by atoms with van der Waals surface area (Å²) in [6.45, 7) is -0.150. The molecular formula is C24H19F4N3O3S. The third-order valence-corrected chi connectivity index (χ3v) is 7.13. The van der Waals surface area contributed by atoms with E-state index in [2.05, 4.69) is 10.3 Å². The van der Waals surface area contributed by atoms with Crippen molar-refractivity contribution < 1.29 is 31.5 Å². The molecule has 3 heterocycles. The zero-order chi connectivity index (χ0) is 24.6. The first-order valence-corrected chi connectivity index (χ1v) is 11.7. The maximum Gasteiger partial charge on any atom is 0.283 e. The highest BCUT2D eigenvalue weighted by Gasteiger charge is 2.51. The van der Waals surface area contributed by atoms with Crippen LogP contribution in [0.15, 0.2) is 64.2 Å². The van der Waals surface area contributed by atoms with Gasteiger partial charge in [-0.25, -0.2) is 27.5 Å². The van der Waals surface area contributed by atoms with Gasteiger partial charge in [-0.3, -0.25) is 4.79 Å². The number of carbonyl (C=O) groups is 1. The Morgan fingerprint density at radius 2 is 1.97 bits per heavy atom. The summed E-state index contributed by atoms with van der Waals surface area (Å²) in [7, 11) is 0. The second-order valence-corrected chi connectivity index (χ2v) is 9.25. The largest absolute Gasteiger partial charge is 0.446 e. The second-order valence-electron chi connectivity index (χ2n) is 8.24. The summed E-state index contributed by atoms with van der Waals surface area (Å²) in [5.41, 5.74) is -1.21. The first-order chi connectivity index (χ1) is 16.9. The summed E-state index contributed by atoms with van der Waals surface area (Å²) in [4.78, 5) is 21.2. The van der Waals surface area contributed by atoms with Gasteiger partial charge in [0.2, 0.25) is 5.89 Å². The normalized spacial score (nSPS) is 24.1. The molecule has 5 rings (SSSR count). The fraction of sp³-hybridized carbons (Fsp3) is 0.292. The molecule has 1 saturated heterocycles. The van der Waals surface area contributed by atoms with Gasteiger partial charge in [0, 0.05) is 28.9 Å². The van der Waals surface area contributed by atoms with Gasteiger partial charge in [0.15, 0.2) is 5.17 Å². The monoisotopic (exact) mass is 505 g/mol. The molecule has 2 aromatic carbocycles. The van der Waals surface area contributed by atoms with Crippen molar-refractivity contribution in [2.75, 3.05) is 12.4 Å². The van der Waals surface area contributed by atoms with Crippen LogP contribution in [0.2, 0.25) is 0 Å². The van der Waals surface area contributed by atoms with Crippen LogP contribution in [-0.2, 0) is 10.3 Å². The second kappa shape index (κ2) is 9.46. The van der Waals surface area contributed by atoms with E-state index in [0.717, 1.165) is 18.4 Å². The van der Waals surface area contributed by atoms with Crippen LogP contribution in [0.3, 0.4) is 0 Å². The van der Waals surface area contributed by atoms with Crippen LogP contribution in [0.5, 0.6) is 0 Å². The topological polar surface area (TPSA) is 76.7 Å². The molecule has 6 nitrogen and oxygen atoms in total. The van der Waals surface area contributed by atoms with Crippen LogP contribution >= 0.6 is 11.8 Å². The van der Waals surface area contributed by atoms with E-state index in [-0.39, 0.29) is 41.5 Å². The van der Waals surface area contributed by atoms with E-state index in [9.17, 15) is 22.4 Å². The lowest BCUT2D eigenvalue weighted by atomic mass is 9.75. The Hall–Kier alpha value is -3.18. The number of ether oxygens (including phenoxy) is 1. The molecule has 1 fully saturated rings. The Morgan fingerprint density at radius 1 is 1.17 bits per heavy atom. The number of aliphatic imine (C=N–C) groups is 1. The number of oxazole rings is 1. The van der Waals surface area contributed by atoms with Crippen molar-refractivity contribution in [1.82, 2.24) is 10.3 Å². The van der Waals surface area contributed by atoms with E-state index in [1.807, 2.05) is 0 Å². The number of thioether (sulfide) groups is 1. The average Bonchev–Trinajstić information content (AvgIpc) is 3.35. The molecule has 0 aliphatic carbocycles. The predicted molar refractivity (Wildman–Crippen MR) is 120 cm³/mol. The number of amides is 1. The molecule has 35 heavy (non-hydrogen) atoms. The predicted octanol–water partition coefficient (Wildman–Crippen LogP) is 5.40. The molecule has 3 atom stereocenters. The van der Waals surface area contributed by atoms with E-state index in [1.165, 1.54) is 17.8 Å². The zero-order valence-electron chi connectivity index (χ0n) is 18.1. The molecule has 0 radical (unpaired) electrons. The molecule has 3 aromatic rings. The number of nitrogens with zero attached hydrogens (tertiary/aromatic N) is 2. The number of hydrogen-bond donors (Lipinski definition) is 1. The highest BCUT2D eigenvalue weighted by molar-refractivity contribution is 8.13. The lowest BCUT2D eigenvalue weighted by Crippen LogP contribution is -2.49. The molecule has 11 heteroatoms. The quantitative estimate of drug-likeness (QED) is 0.481. The Labute approximate surface area is 201 Å². The van der Waals surface area contributed by atoms with E-state index in [1.54, 1.807) is 30.3 Å². The molecule has 0 unspecified atom stereocenters. The Kier molecular flexibility index (Phi) is 6.37. The van der Waals surface area contributed by atoms with Gasteiger partial charge in [0.05, 0.1) is 6.61 Å². The molecule has 1 amide bonds. The van der Waals surface area contributed by atoms with Crippen LogP contribution < -0.4 is 5.32 Å². The summed E-state index contributed by atoms with van der Waals surface area (Å²) < 4.78 is 65.7. The number of hydrogen-bond acceptors (Lipinski definition) is 6. The maximum absolute atomic E-state index is 15.0. The number of nitrogens with one attached hydrogen (secondary N) is 1. The third kappa shape index (κ3) is 4.57. The van der Waals surface area contributed by atoms with E-state index in [4.69, 9.17) is 14.1 Å². The van der Waals surface area contributed by atoms with Gasteiger partial charge in [-0.1, -0.05) is 36.0 Å². The van der Waals surface area contributed by atoms with E-state index in [0.29, 0.717) is 11.3 Å². The first-order valence-electron chi connectivity index (χ1n) is 10.8. The van der Waals surface area contributed by atoms with Crippen molar-refractivity contribution in [3.05, 3.63) is 89.1 Å². The lowest BCUT2D eigenvalue weighted by Gasteiger charge is -2.46. The van der Waals surface area contributed by atoms with Gasteiger partial charge in [0.25, 0.3) is 12.3 Å². The smallest absolute Gasteiger partial charge is 0.283 e. The van der Waals surface area contributed by atoms with Crippen molar-refractivity contribution >= 4 is 22.8 Å². The Balaban J connectivity index is 1.48. The zero-order valence-corrected chi connectivity index (χ0v) is 18.9. The summed E-state index contributed by atoms with van der Waals surface area (Å²) in [6.07, 6.45) is -2.39. The Morgan fingerprint density at radius 3 is 2.69 bits per heavy atom. The summed E-state index contributed by atoms with van der Waals surface area (Å²) in [5.74, 6) is -1.83. The molecular weight excluding hydrogens is 486 g/mol. The van der Waals surface area contributed by atoms with Gasteiger partial charge < -0.3 is 14.5 Å². The van der Waals surface area contributed by atoms with Gasteiger partial charge in [0.1, 0.15) is 35.2 Å². The minimum absolute atomic E-state index is 0.00522. The third-order valence-electron chi connectivity index (χ3n) is 6.09. The number of alkyl halides is 2. The number of rotatable bonds is 4. The van der Waals surface area contributed by atoms with Crippen molar-refractivity contribution in [3.63, 3.8) is 0 Å². The van der Waals surface area contributed by atoms with Crippen LogP contribution in [0.4, 0.5) is 17.6 Å². The van der Waals surface area contributed by atoms with Crippen LogP contribution in [-0.4, -0.2) is 28.4 Å². The fourth-order valence-corrected chi connectivity index (χ4v) is 5.49. The molecule has 0 bridgehead atoms. The Bertz CT molecular complexity index is 1270. The molecule has 1 N–H and O–H groups in total. The molecule has 2 aliphatic heterocycles. The fourth-order valence-electron chi connectivity index (χ4n) is 4.33. The number of amidine groups is 1. The number of halogens is 4. The molecule has 0 saturated carbocycles. The van der Waals surface area contributed by atoms with Crippen LogP contribution in [0.25, 0.3) is 0 Å². The van der Waals surface area contributed by atoms with Gasteiger partial charge in [-0.15, -0.1) is 0 Å². The summed E-state index contributed by atoms with van der Waals surface area (Å²) >= 11 is 1.28. The summed E-state index contributed by atoms with van der Waals surface area (Å²) in [5, 5.41) is 3.03. The van der Waals surface area contributed by atoms with Gasteiger partial charge in [-0.05, 0) is 24.6 Å². The lowest BCUT2D eigenvalue weighted by molar-refractivity contribution is -0.0698. The molecule has 182 valence electrons. The van der Waals surface area contributed by atoms with E-state index < -0.39 is 35.4 Å². The summed E-state index contributed by atoms with van der Waals surface area (Å²) in [6, 6.07) is 11.8. The minimum atomic E-state index is -2.78. The first kappa shape index (κ1) is 23.6. The van der Waals surface area contributed by atoms with Crippen molar-refractivity contribution in [2.24, 2.45) is 10.9 Å². The van der Waals surface area contributed by atoms with Gasteiger partial charge in [-0.2, -0.15) is 0 Å². The highest BCUT2D eigenvalue weighted by Crippen LogP contribution is 2.49. The van der Waals surface area contributed by atoms with Crippen molar-refractivity contribution in [2.45, 2.75) is 24.5 Å².